The van der Waals surface area contributed by atoms with E-state index in [1.807, 2.05) is 19.9 Å². The topological polar surface area (TPSA) is 77.6 Å². The molecule has 0 aromatic carbocycles. The average Bonchev–Trinajstić information content (AvgIpc) is 2.42. The van der Waals surface area contributed by atoms with Gasteiger partial charge in [0.15, 0.2) is 0 Å². The van der Waals surface area contributed by atoms with Gasteiger partial charge in [0.1, 0.15) is 17.5 Å². The first-order valence-electron chi connectivity index (χ1n) is 6.71. The lowest BCUT2D eigenvalue weighted by Crippen LogP contribution is -2.45. The average molecular weight is 266 g/mol. The smallest absolute Gasteiger partial charge is 0.129 e. The van der Waals surface area contributed by atoms with Crippen molar-refractivity contribution in [2.24, 2.45) is 0 Å². The molecule has 1 saturated heterocycles. The van der Waals surface area contributed by atoms with Crippen molar-refractivity contribution in [3.05, 3.63) is 23.4 Å². The molecule has 2 rings (SSSR count). The van der Waals surface area contributed by atoms with E-state index in [1.54, 1.807) is 6.20 Å². The van der Waals surface area contributed by atoms with Crippen LogP contribution in [0.1, 0.15) is 37.0 Å². The lowest BCUT2D eigenvalue weighted by Gasteiger charge is -2.40. The minimum absolute atomic E-state index is 0.365. The van der Waals surface area contributed by atoms with E-state index >= 15 is 0 Å². The number of aliphatic hydroxyl groups excluding tert-OH is 1. The van der Waals surface area contributed by atoms with Crippen LogP contribution in [0.3, 0.4) is 0 Å². The van der Waals surface area contributed by atoms with Crippen LogP contribution >= 0.6 is 0 Å². The Balaban J connectivity index is 2.32. The Hall–Kier alpha value is -1.17. The molecule has 0 aliphatic carbocycles. The van der Waals surface area contributed by atoms with Crippen LogP contribution in [0.15, 0.2) is 12.3 Å². The standard InChI is InChI=1S/C14H22N2O3/c1-3-19-14(4-6-18-7-5-14)12(17)11-8-10(2)9-16-13(11)15/h8-9,12,17H,3-7H2,1-2H3,(H2,15,16). The van der Waals surface area contributed by atoms with Crippen LogP contribution < -0.4 is 5.73 Å². The monoisotopic (exact) mass is 266 g/mol. The predicted molar refractivity (Wildman–Crippen MR) is 72.8 cm³/mol. The first-order chi connectivity index (χ1) is 9.09. The largest absolute Gasteiger partial charge is 0.385 e. The van der Waals surface area contributed by atoms with Crippen LogP contribution in [0.25, 0.3) is 0 Å². The molecule has 1 aliphatic rings. The van der Waals surface area contributed by atoms with Gasteiger partial charge >= 0.3 is 0 Å². The third-order valence-electron chi connectivity index (χ3n) is 3.65. The molecule has 5 heteroatoms. The van der Waals surface area contributed by atoms with Crippen LogP contribution in [-0.4, -0.2) is 35.5 Å². The fraction of sp³-hybridized carbons (Fsp3) is 0.643. The van der Waals surface area contributed by atoms with Crippen molar-refractivity contribution in [3.8, 4) is 0 Å². The van der Waals surface area contributed by atoms with Gasteiger partial charge in [-0.1, -0.05) is 0 Å². The number of hydrogen-bond donors (Lipinski definition) is 2. The number of anilines is 1. The molecule has 1 aliphatic heterocycles. The number of aromatic nitrogens is 1. The van der Waals surface area contributed by atoms with E-state index in [9.17, 15) is 5.11 Å². The molecule has 106 valence electrons. The molecule has 1 unspecified atom stereocenters. The number of nitrogens with two attached hydrogens (primary N) is 1. The fourth-order valence-electron chi connectivity index (χ4n) is 2.61. The summed E-state index contributed by atoms with van der Waals surface area (Å²) in [4.78, 5) is 4.12. The third kappa shape index (κ3) is 2.88. The Morgan fingerprint density at radius 1 is 1.53 bits per heavy atom. The minimum Gasteiger partial charge on any atom is -0.385 e. The Bertz CT molecular complexity index is 425. The van der Waals surface area contributed by atoms with Crippen LogP contribution in [-0.2, 0) is 9.47 Å². The molecule has 0 bridgehead atoms. The summed E-state index contributed by atoms with van der Waals surface area (Å²) in [6.07, 6.45) is 2.25. The lowest BCUT2D eigenvalue weighted by molar-refractivity contribution is -0.167. The van der Waals surface area contributed by atoms with Crippen molar-refractivity contribution in [2.75, 3.05) is 25.6 Å². The number of ether oxygens (including phenoxy) is 2. The molecular weight excluding hydrogens is 244 g/mol. The first kappa shape index (κ1) is 14.2. The maximum atomic E-state index is 10.7. The summed E-state index contributed by atoms with van der Waals surface area (Å²) in [5.74, 6) is 0.365. The summed E-state index contributed by atoms with van der Waals surface area (Å²) in [6.45, 7) is 5.60. The molecule has 1 fully saturated rings. The number of hydrogen-bond acceptors (Lipinski definition) is 5. The number of aryl methyl sites for hydroxylation is 1. The highest BCUT2D eigenvalue weighted by Gasteiger charge is 2.42. The summed E-state index contributed by atoms with van der Waals surface area (Å²) in [6, 6.07) is 1.88. The lowest BCUT2D eigenvalue weighted by atomic mass is 9.84. The van der Waals surface area contributed by atoms with Gasteiger partial charge in [-0.3, -0.25) is 0 Å². The molecule has 5 nitrogen and oxygen atoms in total. The zero-order chi connectivity index (χ0) is 13.9. The van der Waals surface area contributed by atoms with E-state index < -0.39 is 11.7 Å². The molecule has 1 aromatic rings. The second-order valence-corrected chi connectivity index (χ2v) is 5.00. The van der Waals surface area contributed by atoms with Crippen molar-refractivity contribution < 1.29 is 14.6 Å². The number of rotatable bonds is 4. The Morgan fingerprint density at radius 2 is 2.21 bits per heavy atom. The van der Waals surface area contributed by atoms with Crippen LogP contribution in [0, 0.1) is 6.92 Å². The number of nitrogens with zero attached hydrogens (tertiary/aromatic N) is 1. The summed E-state index contributed by atoms with van der Waals surface area (Å²) >= 11 is 0. The van der Waals surface area contributed by atoms with Gasteiger partial charge in [-0.05, 0) is 25.5 Å². The summed E-state index contributed by atoms with van der Waals surface area (Å²) < 4.78 is 11.2. The highest BCUT2D eigenvalue weighted by Crippen LogP contribution is 2.39. The van der Waals surface area contributed by atoms with Crippen molar-refractivity contribution in [1.82, 2.24) is 4.98 Å². The molecule has 0 radical (unpaired) electrons. The molecule has 0 saturated carbocycles. The maximum Gasteiger partial charge on any atom is 0.129 e. The van der Waals surface area contributed by atoms with Crippen molar-refractivity contribution >= 4 is 5.82 Å². The molecule has 3 N–H and O–H groups in total. The van der Waals surface area contributed by atoms with E-state index in [0.717, 1.165) is 5.56 Å². The number of pyridine rings is 1. The van der Waals surface area contributed by atoms with E-state index in [0.29, 0.717) is 44.0 Å². The zero-order valence-electron chi connectivity index (χ0n) is 11.6. The van der Waals surface area contributed by atoms with E-state index in [1.165, 1.54) is 0 Å². The molecular formula is C14H22N2O3. The maximum absolute atomic E-state index is 10.7. The van der Waals surface area contributed by atoms with E-state index in [-0.39, 0.29) is 0 Å². The normalized spacial score (nSPS) is 20.2. The van der Waals surface area contributed by atoms with Gasteiger partial charge in [-0.2, -0.15) is 0 Å². The summed E-state index contributed by atoms with van der Waals surface area (Å²) in [7, 11) is 0. The second-order valence-electron chi connectivity index (χ2n) is 5.00. The Morgan fingerprint density at radius 3 is 2.84 bits per heavy atom. The van der Waals surface area contributed by atoms with Gasteiger partial charge < -0.3 is 20.3 Å². The van der Waals surface area contributed by atoms with Gasteiger partial charge in [0.05, 0.1) is 0 Å². The van der Waals surface area contributed by atoms with Gasteiger partial charge in [0.2, 0.25) is 0 Å². The van der Waals surface area contributed by atoms with Crippen LogP contribution in [0.5, 0.6) is 0 Å². The molecule has 0 spiro atoms. The molecule has 2 heterocycles. The highest BCUT2D eigenvalue weighted by atomic mass is 16.5. The minimum atomic E-state index is -0.774. The number of nitrogen functional groups attached to an aromatic ring is 1. The highest BCUT2D eigenvalue weighted by molar-refractivity contribution is 5.43. The predicted octanol–water partition coefficient (Wildman–Crippen LogP) is 1.59. The molecule has 19 heavy (non-hydrogen) atoms. The Kier molecular flexibility index (Phi) is 4.39. The van der Waals surface area contributed by atoms with Crippen molar-refractivity contribution in [2.45, 2.75) is 38.4 Å². The van der Waals surface area contributed by atoms with Gasteiger partial charge in [-0.15, -0.1) is 0 Å². The third-order valence-corrected chi connectivity index (χ3v) is 3.65. The van der Waals surface area contributed by atoms with Gasteiger partial charge in [0.25, 0.3) is 0 Å². The second kappa shape index (κ2) is 5.86. The first-order valence-corrected chi connectivity index (χ1v) is 6.71. The van der Waals surface area contributed by atoms with Crippen LogP contribution in [0.2, 0.25) is 0 Å². The van der Waals surface area contributed by atoms with Crippen LogP contribution in [0.4, 0.5) is 5.82 Å². The summed E-state index contributed by atoms with van der Waals surface area (Å²) in [5, 5.41) is 10.7. The zero-order valence-corrected chi connectivity index (χ0v) is 11.6. The SMILES string of the molecule is CCOC1(C(O)c2cc(C)cnc2N)CCOCC1. The number of aliphatic hydroxyl groups is 1. The Labute approximate surface area is 113 Å². The molecule has 0 amide bonds. The summed E-state index contributed by atoms with van der Waals surface area (Å²) in [5.41, 5.74) is 6.90. The molecule has 1 atom stereocenters. The molecule has 1 aromatic heterocycles. The van der Waals surface area contributed by atoms with Gasteiger partial charge in [0, 0.05) is 44.4 Å². The van der Waals surface area contributed by atoms with Gasteiger partial charge in [-0.25, -0.2) is 4.98 Å². The van der Waals surface area contributed by atoms with E-state index in [4.69, 9.17) is 15.2 Å². The van der Waals surface area contributed by atoms with E-state index in [2.05, 4.69) is 4.98 Å². The van der Waals surface area contributed by atoms with Crippen molar-refractivity contribution in [3.63, 3.8) is 0 Å². The van der Waals surface area contributed by atoms with Crippen molar-refractivity contribution in [1.29, 1.82) is 0 Å². The fourth-order valence-corrected chi connectivity index (χ4v) is 2.61. The quantitative estimate of drug-likeness (QED) is 0.865.